The molecule has 0 radical (unpaired) electrons. The topological polar surface area (TPSA) is 86.7 Å². The summed E-state index contributed by atoms with van der Waals surface area (Å²) in [6, 6.07) is 5.16. The van der Waals surface area contributed by atoms with Crippen molar-refractivity contribution in [2.75, 3.05) is 13.2 Å². The number of carbonyl (C=O) groups excluding carboxylic acids is 2. The van der Waals surface area contributed by atoms with Crippen LogP contribution in [0.15, 0.2) is 24.3 Å². The van der Waals surface area contributed by atoms with E-state index < -0.39 is 11.9 Å². The van der Waals surface area contributed by atoms with Crippen molar-refractivity contribution in [3.05, 3.63) is 35.4 Å². The number of rotatable bonds is 4. The van der Waals surface area contributed by atoms with E-state index in [9.17, 15) is 14.7 Å². The minimum atomic E-state index is -1.30. The summed E-state index contributed by atoms with van der Waals surface area (Å²) in [6.07, 6.45) is 0. The summed E-state index contributed by atoms with van der Waals surface area (Å²) in [7, 11) is 0. The van der Waals surface area contributed by atoms with Gasteiger partial charge in [0.2, 0.25) is 0 Å². The molecule has 0 saturated heterocycles. The van der Waals surface area contributed by atoms with Crippen LogP contribution in [0.1, 0.15) is 20.7 Å². The quantitative estimate of drug-likeness (QED) is 0.573. The molecule has 0 fully saturated rings. The number of aliphatic hydroxyl groups excluding tert-OH is 1. The zero-order chi connectivity index (χ0) is 11.3. The van der Waals surface area contributed by atoms with Gasteiger partial charge in [-0.1, -0.05) is 12.1 Å². The Morgan fingerprint density at radius 1 is 1.19 bits per heavy atom. The van der Waals surface area contributed by atoms with E-state index in [0.717, 1.165) is 0 Å². The van der Waals surface area contributed by atoms with E-state index in [1.807, 2.05) is 0 Å². The average molecular weight is 273 g/mol. The van der Waals surface area contributed by atoms with Crippen LogP contribution in [-0.4, -0.2) is 30.3 Å². The fraction of sp³-hybridized carbons (Fsp3) is 0.200. The van der Waals surface area contributed by atoms with Gasteiger partial charge in [0.15, 0.2) is 0 Å². The third-order valence-electron chi connectivity index (χ3n) is 1.68. The van der Waals surface area contributed by atoms with E-state index in [0.29, 0.717) is 0 Å². The number of carboxylic acid groups (broad SMARTS) is 1. The second-order valence-electron chi connectivity index (χ2n) is 2.72. The Morgan fingerprint density at radius 3 is 2.12 bits per heavy atom. The van der Waals surface area contributed by atoms with Gasteiger partial charge in [-0.25, -0.2) is 4.79 Å². The number of esters is 1. The number of hydrogen-bond donors (Lipinski definition) is 1. The Labute approximate surface area is 103 Å². The second kappa shape index (κ2) is 7.00. The number of ether oxygens (including phenoxy) is 1. The molecule has 1 N–H and O–H groups in total. The van der Waals surface area contributed by atoms with E-state index in [4.69, 9.17) is 5.11 Å². The van der Waals surface area contributed by atoms with Gasteiger partial charge >= 0.3 is 23.0 Å². The summed E-state index contributed by atoms with van der Waals surface area (Å²) in [5.41, 5.74) is 0.224. The molecule has 0 bridgehead atoms. The van der Waals surface area contributed by atoms with Crippen LogP contribution >= 0.6 is 0 Å². The van der Waals surface area contributed by atoms with Crippen LogP contribution in [-0.2, 0) is 21.8 Å². The van der Waals surface area contributed by atoms with Gasteiger partial charge in [0.1, 0.15) is 6.61 Å². The van der Waals surface area contributed by atoms with Crippen LogP contribution in [0.2, 0.25) is 0 Å². The molecule has 6 heteroatoms. The van der Waals surface area contributed by atoms with Gasteiger partial charge in [-0.05, 0) is 17.7 Å². The number of benzene rings is 1. The summed E-state index contributed by atoms with van der Waals surface area (Å²) < 4.78 is 4.63. The van der Waals surface area contributed by atoms with Crippen molar-refractivity contribution in [2.45, 2.75) is 0 Å². The van der Waals surface area contributed by atoms with Crippen LogP contribution in [0.5, 0.6) is 0 Å². The predicted molar refractivity (Wildman–Crippen MR) is 48.1 cm³/mol. The maximum atomic E-state index is 11.2. The minimum absolute atomic E-state index is 0. The smallest absolute Gasteiger partial charge is 0.545 e. The van der Waals surface area contributed by atoms with Crippen molar-refractivity contribution in [1.82, 2.24) is 0 Å². The van der Waals surface area contributed by atoms with Gasteiger partial charge in [0.25, 0.3) is 0 Å². The van der Waals surface area contributed by atoms with E-state index in [2.05, 4.69) is 4.74 Å². The average Bonchev–Trinajstić information content (AvgIpc) is 2.26. The molecule has 0 aliphatic heterocycles. The normalized spacial score (nSPS) is 9.06. The monoisotopic (exact) mass is 272 g/mol. The number of aliphatic hydroxyl groups is 1. The largest absolute Gasteiger partial charge is 1.00 e. The molecule has 0 atom stereocenters. The van der Waals surface area contributed by atoms with Gasteiger partial charge in [0, 0.05) is 0 Å². The van der Waals surface area contributed by atoms with Crippen molar-refractivity contribution in [3.63, 3.8) is 0 Å². The molecule has 0 spiro atoms. The predicted octanol–water partition coefficient (Wildman–Crippen LogP) is -0.803. The fourth-order valence-electron chi connectivity index (χ4n) is 0.964. The van der Waals surface area contributed by atoms with Crippen LogP contribution < -0.4 is 5.11 Å². The summed E-state index contributed by atoms with van der Waals surface area (Å²) in [5.74, 6) is -1.90. The van der Waals surface area contributed by atoms with Crippen molar-refractivity contribution in [2.24, 2.45) is 0 Å². The first-order valence-corrected chi connectivity index (χ1v) is 4.24. The third-order valence-corrected chi connectivity index (χ3v) is 1.68. The molecule has 90 valence electrons. The molecule has 1 rings (SSSR count). The Morgan fingerprint density at radius 2 is 1.69 bits per heavy atom. The van der Waals surface area contributed by atoms with E-state index in [1.54, 1.807) is 0 Å². The SMILES string of the molecule is O=C([O-])c1ccc(C(=O)OCCO)cc1.[Cu+]. The zero-order valence-electron chi connectivity index (χ0n) is 8.11. The molecule has 0 aliphatic carbocycles. The van der Waals surface area contributed by atoms with E-state index in [-0.39, 0.29) is 41.4 Å². The first-order valence-electron chi connectivity index (χ1n) is 4.24. The molecular formula is C10H9CuO5. The van der Waals surface area contributed by atoms with Gasteiger partial charge < -0.3 is 19.7 Å². The fourth-order valence-corrected chi connectivity index (χ4v) is 0.964. The Balaban J connectivity index is 0.00000225. The maximum Gasteiger partial charge on any atom is 1.00 e. The Hall–Kier alpha value is -1.36. The molecule has 0 amide bonds. The third kappa shape index (κ3) is 4.02. The summed E-state index contributed by atoms with van der Waals surface area (Å²) >= 11 is 0. The van der Waals surface area contributed by atoms with Crippen LogP contribution in [0.25, 0.3) is 0 Å². The van der Waals surface area contributed by atoms with Gasteiger partial charge in [-0.15, -0.1) is 0 Å². The number of aromatic carboxylic acids is 1. The number of carbonyl (C=O) groups is 2. The molecule has 0 aliphatic rings. The van der Waals surface area contributed by atoms with Crippen molar-refractivity contribution in [3.8, 4) is 0 Å². The molecule has 0 saturated carbocycles. The molecule has 16 heavy (non-hydrogen) atoms. The molecule has 1 aromatic rings. The minimum Gasteiger partial charge on any atom is -0.545 e. The first-order chi connectivity index (χ1) is 7.15. The molecular weight excluding hydrogens is 264 g/mol. The maximum absolute atomic E-state index is 11.2. The van der Waals surface area contributed by atoms with Crippen molar-refractivity contribution in [1.29, 1.82) is 0 Å². The standard InChI is InChI=1S/C10H10O5.Cu/c11-5-6-15-10(14)8-3-1-7(2-4-8)9(12)13;/h1-4,11H,5-6H2,(H,12,13);/q;+1/p-1. The van der Waals surface area contributed by atoms with Gasteiger partial charge in [-0.2, -0.15) is 0 Å². The molecule has 0 heterocycles. The van der Waals surface area contributed by atoms with Crippen LogP contribution in [0, 0.1) is 0 Å². The number of hydrogen-bond acceptors (Lipinski definition) is 5. The zero-order valence-corrected chi connectivity index (χ0v) is 9.05. The van der Waals surface area contributed by atoms with Gasteiger partial charge in [-0.3, -0.25) is 0 Å². The van der Waals surface area contributed by atoms with E-state index in [1.165, 1.54) is 24.3 Å². The molecule has 0 unspecified atom stereocenters. The molecule has 5 nitrogen and oxygen atoms in total. The Bertz CT molecular complexity index is 360. The van der Waals surface area contributed by atoms with Crippen molar-refractivity contribution >= 4 is 11.9 Å². The summed E-state index contributed by atoms with van der Waals surface area (Å²) in [4.78, 5) is 21.6. The Kier molecular flexibility index (Phi) is 6.41. The molecule has 0 aromatic heterocycles. The van der Waals surface area contributed by atoms with Crippen LogP contribution in [0.4, 0.5) is 0 Å². The van der Waals surface area contributed by atoms with E-state index >= 15 is 0 Å². The van der Waals surface area contributed by atoms with Gasteiger partial charge in [0.05, 0.1) is 18.1 Å². The first kappa shape index (κ1) is 14.6. The summed E-state index contributed by atoms with van der Waals surface area (Å²) in [5, 5.41) is 18.8. The van der Waals surface area contributed by atoms with Crippen LogP contribution in [0.3, 0.4) is 0 Å². The molecule has 1 aromatic carbocycles. The van der Waals surface area contributed by atoms with Crippen molar-refractivity contribution < 1.29 is 41.6 Å². The summed E-state index contributed by atoms with van der Waals surface area (Å²) in [6.45, 7) is -0.329. The second-order valence-corrected chi connectivity index (χ2v) is 2.72. The number of carboxylic acids is 1.